The van der Waals surface area contributed by atoms with Crippen molar-refractivity contribution in [3.63, 3.8) is 0 Å². The molecule has 10 heavy (non-hydrogen) atoms. The van der Waals surface area contributed by atoms with E-state index in [4.69, 9.17) is 0 Å². The second-order valence-corrected chi connectivity index (χ2v) is 2.52. The molecule has 0 atom stereocenters. The lowest BCUT2D eigenvalue weighted by Crippen LogP contribution is -1.92. The molecule has 0 aliphatic carbocycles. The number of thioether (sulfide) groups is 1. The van der Waals surface area contributed by atoms with Crippen molar-refractivity contribution in [3.8, 4) is 0 Å². The van der Waals surface area contributed by atoms with Gasteiger partial charge in [-0.2, -0.15) is 0 Å². The summed E-state index contributed by atoms with van der Waals surface area (Å²) in [7, 11) is 1.28. The van der Waals surface area contributed by atoms with Gasteiger partial charge in [0.2, 0.25) is 0 Å². The molecule has 3 nitrogen and oxygen atoms in total. The predicted molar refractivity (Wildman–Crippen MR) is 39.4 cm³/mol. The van der Waals surface area contributed by atoms with Gasteiger partial charge in [0.1, 0.15) is 0 Å². The molecule has 0 rings (SSSR count). The number of carbonyl (C=O) groups is 2. The van der Waals surface area contributed by atoms with E-state index in [1.54, 1.807) is 0 Å². The van der Waals surface area contributed by atoms with Gasteiger partial charge in [-0.3, -0.25) is 4.79 Å². The summed E-state index contributed by atoms with van der Waals surface area (Å²) in [6.45, 7) is 1.42. The Bertz CT molecular complexity index is 162. The van der Waals surface area contributed by atoms with Crippen molar-refractivity contribution in [2.24, 2.45) is 0 Å². The molecule has 56 valence electrons. The molecule has 0 aromatic rings. The molecular weight excluding hydrogens is 152 g/mol. The molecule has 0 saturated carbocycles. The fraction of sp³-hybridized carbons (Fsp3) is 0.333. The minimum Gasteiger partial charge on any atom is -0.466 e. The molecule has 0 radical (unpaired) electrons. The highest BCUT2D eigenvalue weighted by Gasteiger charge is 1.91. The van der Waals surface area contributed by atoms with Gasteiger partial charge in [0.15, 0.2) is 5.12 Å². The normalized spacial score (nSPS) is 9.80. The van der Waals surface area contributed by atoms with Gasteiger partial charge in [-0.1, -0.05) is 11.8 Å². The van der Waals surface area contributed by atoms with E-state index in [2.05, 4.69) is 4.74 Å². The topological polar surface area (TPSA) is 43.4 Å². The smallest absolute Gasteiger partial charge is 0.330 e. The van der Waals surface area contributed by atoms with Gasteiger partial charge >= 0.3 is 5.97 Å². The molecule has 0 heterocycles. The lowest BCUT2D eigenvalue weighted by Gasteiger charge is -1.87. The average molecular weight is 160 g/mol. The highest BCUT2D eigenvalue weighted by Crippen LogP contribution is 2.01. The second kappa shape index (κ2) is 5.05. The maximum absolute atomic E-state index is 10.4. The van der Waals surface area contributed by atoms with E-state index in [1.165, 1.54) is 25.5 Å². The minimum absolute atomic E-state index is 0.0554. The molecule has 0 amide bonds. The Hall–Kier alpha value is -0.770. The van der Waals surface area contributed by atoms with E-state index in [-0.39, 0.29) is 5.12 Å². The quantitative estimate of drug-likeness (QED) is 0.445. The lowest BCUT2D eigenvalue weighted by atomic mass is 10.7. The molecule has 0 fully saturated rings. The number of rotatable bonds is 2. The summed E-state index contributed by atoms with van der Waals surface area (Å²) in [6, 6.07) is 0. The van der Waals surface area contributed by atoms with Crippen LogP contribution in [-0.4, -0.2) is 18.2 Å². The Labute approximate surface area is 63.4 Å². The number of ether oxygens (including phenoxy) is 1. The highest BCUT2D eigenvalue weighted by atomic mass is 32.2. The molecule has 0 aliphatic rings. The van der Waals surface area contributed by atoms with Gasteiger partial charge < -0.3 is 4.74 Å². The molecule has 0 aromatic carbocycles. The van der Waals surface area contributed by atoms with Gasteiger partial charge in [-0.15, -0.1) is 0 Å². The summed E-state index contributed by atoms with van der Waals surface area (Å²) in [5.74, 6) is -0.450. The minimum atomic E-state index is -0.450. The third-order valence-electron chi connectivity index (χ3n) is 0.639. The third-order valence-corrected chi connectivity index (χ3v) is 1.24. The molecule has 4 heteroatoms. The zero-order valence-corrected chi connectivity index (χ0v) is 6.60. The van der Waals surface area contributed by atoms with Gasteiger partial charge in [0, 0.05) is 13.0 Å². The van der Waals surface area contributed by atoms with Crippen LogP contribution in [0.2, 0.25) is 0 Å². The fourth-order valence-electron chi connectivity index (χ4n) is 0.253. The number of carbonyl (C=O) groups excluding carboxylic acids is 2. The SMILES string of the molecule is COC(=O)/C=C/SC(C)=O. The summed E-state index contributed by atoms with van der Waals surface area (Å²) >= 11 is 0.955. The van der Waals surface area contributed by atoms with Crippen LogP contribution < -0.4 is 0 Å². The second-order valence-electron chi connectivity index (χ2n) is 1.44. The van der Waals surface area contributed by atoms with Gasteiger partial charge in [-0.05, 0) is 5.41 Å². The molecule has 0 aromatic heterocycles. The van der Waals surface area contributed by atoms with Crippen molar-refractivity contribution in [2.45, 2.75) is 6.92 Å². The molecule has 0 N–H and O–H groups in total. The predicted octanol–water partition coefficient (Wildman–Crippen LogP) is 0.953. The first-order valence-electron chi connectivity index (χ1n) is 2.58. The first kappa shape index (κ1) is 9.23. The maximum atomic E-state index is 10.4. The van der Waals surface area contributed by atoms with E-state index >= 15 is 0 Å². The van der Waals surface area contributed by atoms with Gasteiger partial charge in [-0.25, -0.2) is 4.79 Å². The van der Waals surface area contributed by atoms with Crippen molar-refractivity contribution in [1.82, 2.24) is 0 Å². The maximum Gasteiger partial charge on any atom is 0.330 e. The Kier molecular flexibility index (Phi) is 4.66. The molecule has 0 aliphatic heterocycles. The standard InChI is InChI=1S/C6H8O3S/c1-5(7)10-4-3-6(8)9-2/h3-4H,1-2H3/b4-3+. The van der Waals surface area contributed by atoms with Crippen LogP contribution in [0.4, 0.5) is 0 Å². The van der Waals surface area contributed by atoms with Gasteiger partial charge in [0.25, 0.3) is 0 Å². The number of methoxy groups -OCH3 is 1. The Morgan fingerprint density at radius 2 is 2.10 bits per heavy atom. The lowest BCUT2D eigenvalue weighted by molar-refractivity contribution is -0.134. The van der Waals surface area contributed by atoms with E-state index in [0.717, 1.165) is 11.8 Å². The Morgan fingerprint density at radius 1 is 1.50 bits per heavy atom. The van der Waals surface area contributed by atoms with E-state index in [1.807, 2.05) is 0 Å². The number of hydrogen-bond donors (Lipinski definition) is 0. The first-order chi connectivity index (χ1) is 4.66. The zero-order valence-electron chi connectivity index (χ0n) is 5.79. The summed E-state index contributed by atoms with van der Waals surface area (Å²) in [5.41, 5.74) is 0. The molecular formula is C6H8O3S. The van der Waals surface area contributed by atoms with Gasteiger partial charge in [0.05, 0.1) is 7.11 Å². The highest BCUT2D eigenvalue weighted by molar-refractivity contribution is 8.16. The molecule has 0 bridgehead atoms. The van der Waals surface area contributed by atoms with Crippen molar-refractivity contribution < 1.29 is 14.3 Å². The van der Waals surface area contributed by atoms with Crippen molar-refractivity contribution in [1.29, 1.82) is 0 Å². The number of hydrogen-bond acceptors (Lipinski definition) is 4. The van der Waals surface area contributed by atoms with Crippen molar-refractivity contribution >= 4 is 22.8 Å². The molecule has 0 unspecified atom stereocenters. The third kappa shape index (κ3) is 5.37. The van der Waals surface area contributed by atoms with E-state index < -0.39 is 5.97 Å². The summed E-state index contributed by atoms with van der Waals surface area (Å²) in [4.78, 5) is 20.6. The Balaban J connectivity index is 3.56. The van der Waals surface area contributed by atoms with Crippen LogP contribution in [0.5, 0.6) is 0 Å². The fourth-order valence-corrected chi connectivity index (χ4v) is 0.624. The number of esters is 1. The summed E-state index contributed by atoms with van der Waals surface area (Å²) in [5, 5.41) is 1.34. The van der Waals surface area contributed by atoms with Crippen LogP contribution in [0.15, 0.2) is 11.5 Å². The van der Waals surface area contributed by atoms with Crippen LogP contribution in [0, 0.1) is 0 Å². The monoisotopic (exact) mass is 160 g/mol. The van der Waals surface area contributed by atoms with Crippen LogP contribution in [0.25, 0.3) is 0 Å². The molecule has 0 spiro atoms. The van der Waals surface area contributed by atoms with Crippen LogP contribution in [0.1, 0.15) is 6.92 Å². The molecule has 0 saturated heterocycles. The summed E-state index contributed by atoms with van der Waals surface area (Å²) in [6.07, 6.45) is 1.20. The van der Waals surface area contributed by atoms with Crippen LogP contribution >= 0.6 is 11.8 Å². The van der Waals surface area contributed by atoms with E-state index in [9.17, 15) is 9.59 Å². The largest absolute Gasteiger partial charge is 0.466 e. The van der Waals surface area contributed by atoms with Crippen LogP contribution in [0.3, 0.4) is 0 Å². The average Bonchev–Trinajstić information content (AvgIpc) is 1.87. The first-order valence-corrected chi connectivity index (χ1v) is 3.46. The van der Waals surface area contributed by atoms with Crippen molar-refractivity contribution in [3.05, 3.63) is 11.5 Å². The van der Waals surface area contributed by atoms with Crippen LogP contribution in [-0.2, 0) is 14.3 Å². The van der Waals surface area contributed by atoms with Crippen molar-refractivity contribution in [2.75, 3.05) is 7.11 Å². The zero-order chi connectivity index (χ0) is 7.98. The van der Waals surface area contributed by atoms with E-state index in [0.29, 0.717) is 0 Å². The summed E-state index contributed by atoms with van der Waals surface area (Å²) < 4.78 is 4.28. The Morgan fingerprint density at radius 3 is 2.50 bits per heavy atom.